The van der Waals surface area contributed by atoms with E-state index in [1.54, 1.807) is 18.2 Å². The molecule has 3 rings (SSSR count). The summed E-state index contributed by atoms with van der Waals surface area (Å²) in [5.41, 5.74) is 3.01. The van der Waals surface area contributed by atoms with Gasteiger partial charge < -0.3 is 25.4 Å². The lowest BCUT2D eigenvalue weighted by molar-refractivity contribution is -0.122. The SMILES string of the molecule is CNC(=O)COc1ccc(C(=O)NCC2NCCc3ccccc32)cc1OC.Cl. The molecule has 0 aliphatic carbocycles. The van der Waals surface area contributed by atoms with E-state index in [4.69, 9.17) is 9.47 Å². The summed E-state index contributed by atoms with van der Waals surface area (Å²) < 4.78 is 10.7. The maximum atomic E-state index is 12.6. The first-order valence-corrected chi connectivity index (χ1v) is 9.23. The molecule has 1 unspecified atom stereocenters. The van der Waals surface area contributed by atoms with E-state index in [2.05, 4.69) is 28.1 Å². The van der Waals surface area contributed by atoms with Gasteiger partial charge in [0.2, 0.25) is 0 Å². The monoisotopic (exact) mass is 419 g/mol. The Kier molecular flexibility index (Phi) is 8.30. The molecule has 0 fully saturated rings. The Labute approximate surface area is 176 Å². The first-order valence-electron chi connectivity index (χ1n) is 9.23. The van der Waals surface area contributed by atoms with Gasteiger partial charge in [0.1, 0.15) is 0 Å². The molecule has 2 aromatic carbocycles. The first-order chi connectivity index (χ1) is 13.6. The van der Waals surface area contributed by atoms with Crippen molar-refractivity contribution < 1.29 is 19.1 Å². The number of amides is 2. The van der Waals surface area contributed by atoms with Gasteiger partial charge in [0.15, 0.2) is 18.1 Å². The van der Waals surface area contributed by atoms with Gasteiger partial charge in [-0.05, 0) is 42.3 Å². The number of benzene rings is 2. The van der Waals surface area contributed by atoms with Crippen molar-refractivity contribution in [1.82, 2.24) is 16.0 Å². The lowest BCUT2D eigenvalue weighted by Gasteiger charge is -2.27. The summed E-state index contributed by atoms with van der Waals surface area (Å²) in [6.45, 7) is 1.26. The number of nitrogens with one attached hydrogen (secondary N) is 3. The van der Waals surface area contributed by atoms with E-state index < -0.39 is 0 Å². The lowest BCUT2D eigenvalue weighted by Crippen LogP contribution is -2.38. The standard InChI is InChI=1S/C21H25N3O4.ClH/c1-22-20(25)13-28-18-8-7-15(11-19(18)27-2)21(26)24-12-17-16-6-4-3-5-14(16)9-10-23-17;/h3-8,11,17,23H,9-10,12-13H2,1-2H3,(H,22,25)(H,24,26);1H. The maximum absolute atomic E-state index is 12.6. The van der Waals surface area contributed by atoms with Crippen molar-refractivity contribution in [2.75, 3.05) is 33.9 Å². The Morgan fingerprint density at radius 1 is 1.17 bits per heavy atom. The minimum atomic E-state index is -0.246. The minimum absolute atomic E-state index is 0. The predicted molar refractivity (Wildman–Crippen MR) is 113 cm³/mol. The van der Waals surface area contributed by atoms with Crippen LogP contribution in [0.4, 0.5) is 0 Å². The average Bonchev–Trinajstić information content (AvgIpc) is 2.75. The van der Waals surface area contributed by atoms with Gasteiger partial charge in [-0.15, -0.1) is 12.4 Å². The van der Waals surface area contributed by atoms with Crippen molar-refractivity contribution >= 4 is 24.2 Å². The van der Waals surface area contributed by atoms with E-state index in [9.17, 15) is 9.59 Å². The smallest absolute Gasteiger partial charge is 0.257 e. The third kappa shape index (κ3) is 5.62. The Morgan fingerprint density at radius 2 is 1.97 bits per heavy atom. The molecule has 0 saturated heterocycles. The zero-order valence-corrected chi connectivity index (χ0v) is 17.3. The fourth-order valence-corrected chi connectivity index (χ4v) is 3.22. The number of carbonyl (C=O) groups excluding carboxylic acids is 2. The lowest BCUT2D eigenvalue weighted by atomic mass is 9.94. The fourth-order valence-electron chi connectivity index (χ4n) is 3.22. The van der Waals surface area contributed by atoms with E-state index in [-0.39, 0.29) is 36.9 Å². The molecule has 3 N–H and O–H groups in total. The molecule has 7 nitrogen and oxygen atoms in total. The second-order valence-electron chi connectivity index (χ2n) is 6.49. The Hall–Kier alpha value is -2.77. The number of carbonyl (C=O) groups is 2. The molecule has 0 saturated carbocycles. The number of methoxy groups -OCH3 is 1. The van der Waals surface area contributed by atoms with E-state index in [0.29, 0.717) is 23.6 Å². The quantitative estimate of drug-likeness (QED) is 0.637. The number of fused-ring (bicyclic) bond motifs is 1. The van der Waals surface area contributed by atoms with Crippen LogP contribution in [0.2, 0.25) is 0 Å². The molecule has 2 amide bonds. The first kappa shape index (κ1) is 22.5. The van der Waals surface area contributed by atoms with Gasteiger partial charge in [-0.3, -0.25) is 9.59 Å². The van der Waals surface area contributed by atoms with Gasteiger partial charge in [-0.25, -0.2) is 0 Å². The summed E-state index contributed by atoms with van der Waals surface area (Å²) in [5.74, 6) is 0.369. The van der Waals surface area contributed by atoms with Crippen molar-refractivity contribution in [3.05, 3.63) is 59.2 Å². The zero-order valence-electron chi connectivity index (χ0n) is 16.5. The number of ether oxygens (including phenoxy) is 2. The van der Waals surface area contributed by atoms with Crippen molar-refractivity contribution in [3.8, 4) is 11.5 Å². The molecule has 156 valence electrons. The van der Waals surface area contributed by atoms with Crippen LogP contribution in [0.1, 0.15) is 27.5 Å². The van der Waals surface area contributed by atoms with Crippen LogP contribution in [0, 0.1) is 0 Å². The fraction of sp³-hybridized carbons (Fsp3) is 0.333. The van der Waals surface area contributed by atoms with Crippen molar-refractivity contribution in [2.45, 2.75) is 12.5 Å². The number of likely N-dealkylation sites (N-methyl/N-ethyl adjacent to an activating group) is 1. The van der Waals surface area contributed by atoms with E-state index in [1.807, 2.05) is 12.1 Å². The van der Waals surface area contributed by atoms with E-state index in [1.165, 1.54) is 25.3 Å². The third-order valence-electron chi connectivity index (χ3n) is 4.75. The molecular formula is C21H26ClN3O4. The Balaban J connectivity index is 0.00000300. The molecule has 1 heterocycles. The van der Waals surface area contributed by atoms with Crippen molar-refractivity contribution in [3.63, 3.8) is 0 Å². The summed E-state index contributed by atoms with van der Waals surface area (Å²) in [6, 6.07) is 13.3. The molecule has 1 aliphatic heterocycles. The highest BCUT2D eigenvalue weighted by atomic mass is 35.5. The normalized spacial score (nSPS) is 14.8. The van der Waals surface area contributed by atoms with Crippen LogP contribution in [-0.4, -0.2) is 45.7 Å². The maximum Gasteiger partial charge on any atom is 0.257 e. The predicted octanol–water partition coefficient (Wildman–Crippen LogP) is 1.86. The van der Waals surface area contributed by atoms with Crippen LogP contribution in [0.3, 0.4) is 0 Å². The molecule has 0 spiro atoms. The van der Waals surface area contributed by atoms with Crippen LogP contribution in [0.5, 0.6) is 11.5 Å². The minimum Gasteiger partial charge on any atom is -0.493 e. The van der Waals surface area contributed by atoms with Crippen molar-refractivity contribution in [1.29, 1.82) is 0 Å². The van der Waals surface area contributed by atoms with Gasteiger partial charge >= 0.3 is 0 Å². The summed E-state index contributed by atoms with van der Waals surface area (Å²) in [4.78, 5) is 23.9. The summed E-state index contributed by atoms with van der Waals surface area (Å²) >= 11 is 0. The van der Waals surface area contributed by atoms with Gasteiger partial charge in [-0.2, -0.15) is 0 Å². The van der Waals surface area contributed by atoms with Crippen LogP contribution in [-0.2, 0) is 11.2 Å². The van der Waals surface area contributed by atoms with E-state index >= 15 is 0 Å². The van der Waals surface area contributed by atoms with E-state index in [0.717, 1.165) is 13.0 Å². The summed E-state index contributed by atoms with van der Waals surface area (Å²) in [5, 5.41) is 8.91. The molecule has 0 radical (unpaired) electrons. The molecule has 0 bridgehead atoms. The van der Waals surface area contributed by atoms with Gasteiger partial charge in [-0.1, -0.05) is 24.3 Å². The molecule has 0 aromatic heterocycles. The molecule has 2 aromatic rings. The number of halogens is 1. The van der Waals surface area contributed by atoms with Crippen LogP contribution in [0.25, 0.3) is 0 Å². The third-order valence-corrected chi connectivity index (χ3v) is 4.75. The molecular weight excluding hydrogens is 394 g/mol. The van der Waals surface area contributed by atoms with Crippen molar-refractivity contribution in [2.24, 2.45) is 0 Å². The van der Waals surface area contributed by atoms with Crippen LogP contribution >= 0.6 is 12.4 Å². The number of rotatable bonds is 7. The molecule has 1 aliphatic rings. The topological polar surface area (TPSA) is 88.7 Å². The van der Waals surface area contributed by atoms with Gasteiger partial charge in [0.05, 0.1) is 7.11 Å². The second-order valence-corrected chi connectivity index (χ2v) is 6.49. The van der Waals surface area contributed by atoms with Crippen LogP contribution in [0.15, 0.2) is 42.5 Å². The highest BCUT2D eigenvalue weighted by molar-refractivity contribution is 5.95. The zero-order chi connectivity index (χ0) is 19.9. The van der Waals surface area contributed by atoms with Gasteiger partial charge in [0.25, 0.3) is 11.8 Å². The number of hydrogen-bond acceptors (Lipinski definition) is 5. The highest BCUT2D eigenvalue weighted by Gasteiger charge is 2.20. The summed E-state index contributed by atoms with van der Waals surface area (Å²) in [6.07, 6.45) is 0.995. The molecule has 1 atom stereocenters. The Morgan fingerprint density at radius 3 is 2.72 bits per heavy atom. The molecule has 29 heavy (non-hydrogen) atoms. The van der Waals surface area contributed by atoms with Crippen LogP contribution < -0.4 is 25.4 Å². The average molecular weight is 420 g/mol. The Bertz CT molecular complexity index is 860. The summed E-state index contributed by atoms with van der Waals surface area (Å²) in [7, 11) is 3.03. The second kappa shape index (κ2) is 10.7. The molecule has 8 heteroatoms. The van der Waals surface area contributed by atoms with Gasteiger partial charge in [0, 0.05) is 25.2 Å². The highest BCUT2D eigenvalue weighted by Crippen LogP contribution is 2.28. The largest absolute Gasteiger partial charge is 0.493 e. The number of hydrogen-bond donors (Lipinski definition) is 3.